The third-order valence-corrected chi connectivity index (χ3v) is 2.68. The first-order chi connectivity index (χ1) is 8.74. The summed E-state index contributed by atoms with van der Waals surface area (Å²) in [7, 11) is 3.58. The number of methoxy groups -OCH3 is 1. The Bertz CT molecular complexity index is 513. The van der Waals surface area contributed by atoms with Crippen LogP contribution < -0.4 is 15.4 Å². The summed E-state index contributed by atoms with van der Waals surface area (Å²) in [4.78, 5) is 10.5. The lowest BCUT2D eigenvalue weighted by atomic mass is 10.3. The van der Waals surface area contributed by atoms with Crippen LogP contribution in [0, 0.1) is 0 Å². The van der Waals surface area contributed by atoms with E-state index in [9.17, 15) is 0 Å². The van der Waals surface area contributed by atoms with Gasteiger partial charge < -0.3 is 15.4 Å². The third kappa shape index (κ3) is 2.57. The molecule has 1 aromatic heterocycles. The smallest absolute Gasteiger partial charge is 0.151 e. The Labute approximate surface area is 106 Å². The van der Waals surface area contributed by atoms with Gasteiger partial charge in [-0.2, -0.15) is 0 Å². The van der Waals surface area contributed by atoms with Crippen molar-refractivity contribution in [3.05, 3.63) is 42.4 Å². The van der Waals surface area contributed by atoms with Crippen molar-refractivity contribution in [1.29, 1.82) is 0 Å². The lowest BCUT2D eigenvalue weighted by molar-refractivity contribution is 0.415. The molecule has 0 bridgehead atoms. The van der Waals surface area contributed by atoms with Crippen molar-refractivity contribution >= 4 is 11.5 Å². The Kier molecular flexibility index (Phi) is 3.74. The van der Waals surface area contributed by atoms with Crippen molar-refractivity contribution in [2.45, 2.75) is 6.54 Å². The largest absolute Gasteiger partial charge is 0.497 e. The number of rotatable bonds is 4. The van der Waals surface area contributed by atoms with E-state index < -0.39 is 0 Å². The highest BCUT2D eigenvalue weighted by atomic mass is 16.5. The first-order valence-electron chi connectivity index (χ1n) is 5.63. The van der Waals surface area contributed by atoms with Gasteiger partial charge >= 0.3 is 0 Å². The second-order valence-corrected chi connectivity index (χ2v) is 3.83. The van der Waals surface area contributed by atoms with Gasteiger partial charge in [0.05, 0.1) is 19.0 Å². The number of hydrogen-bond acceptors (Lipinski definition) is 5. The van der Waals surface area contributed by atoms with E-state index in [0.29, 0.717) is 6.54 Å². The van der Waals surface area contributed by atoms with Gasteiger partial charge in [0.1, 0.15) is 5.75 Å². The molecule has 2 N–H and O–H groups in total. The van der Waals surface area contributed by atoms with Crippen LogP contribution in [0.3, 0.4) is 0 Å². The number of benzene rings is 1. The predicted molar refractivity (Wildman–Crippen MR) is 71.0 cm³/mol. The maximum atomic E-state index is 5.56. The van der Waals surface area contributed by atoms with Gasteiger partial charge in [-0.25, -0.2) is 4.98 Å². The zero-order valence-electron chi connectivity index (χ0n) is 10.5. The third-order valence-electron chi connectivity index (χ3n) is 2.68. The van der Waals surface area contributed by atoms with E-state index in [4.69, 9.17) is 10.5 Å². The molecule has 5 heteroatoms. The molecule has 94 valence electrons. The van der Waals surface area contributed by atoms with Crippen molar-refractivity contribution in [3.8, 4) is 5.75 Å². The summed E-state index contributed by atoms with van der Waals surface area (Å²) >= 11 is 0. The summed E-state index contributed by atoms with van der Waals surface area (Å²) < 4.78 is 5.13. The van der Waals surface area contributed by atoms with Crippen LogP contribution in [-0.2, 0) is 6.54 Å². The highest BCUT2D eigenvalue weighted by molar-refractivity contribution is 5.59. The van der Waals surface area contributed by atoms with E-state index in [1.54, 1.807) is 19.5 Å². The second-order valence-electron chi connectivity index (χ2n) is 3.83. The zero-order valence-corrected chi connectivity index (χ0v) is 10.5. The number of nitrogens with two attached hydrogens (primary N) is 1. The molecule has 1 heterocycles. The van der Waals surface area contributed by atoms with E-state index in [1.807, 2.05) is 36.2 Å². The normalized spacial score (nSPS) is 10.2. The van der Waals surface area contributed by atoms with E-state index in [1.165, 1.54) is 0 Å². The van der Waals surface area contributed by atoms with Crippen LogP contribution in [-0.4, -0.2) is 24.1 Å². The SMILES string of the molecule is COc1ccc(N(C)c2cncc(CN)n2)cc1. The second kappa shape index (κ2) is 5.46. The Morgan fingerprint density at radius 1 is 1.22 bits per heavy atom. The van der Waals surface area contributed by atoms with Gasteiger partial charge in [0, 0.05) is 25.5 Å². The fourth-order valence-electron chi connectivity index (χ4n) is 1.59. The summed E-state index contributed by atoms with van der Waals surface area (Å²) in [6.45, 7) is 0.386. The molecule has 0 aliphatic rings. The molecule has 0 aliphatic heterocycles. The molecule has 0 saturated heterocycles. The van der Waals surface area contributed by atoms with Gasteiger partial charge in [0.2, 0.25) is 0 Å². The summed E-state index contributed by atoms with van der Waals surface area (Å²) in [5, 5.41) is 0. The van der Waals surface area contributed by atoms with Gasteiger partial charge in [-0.1, -0.05) is 0 Å². The van der Waals surface area contributed by atoms with Gasteiger partial charge in [-0.05, 0) is 24.3 Å². The van der Waals surface area contributed by atoms with Crippen LogP contribution in [0.2, 0.25) is 0 Å². The molecule has 0 saturated carbocycles. The molecular weight excluding hydrogens is 228 g/mol. The number of nitrogens with zero attached hydrogens (tertiary/aromatic N) is 3. The summed E-state index contributed by atoms with van der Waals surface area (Å²) in [5.74, 6) is 1.59. The monoisotopic (exact) mass is 244 g/mol. The van der Waals surface area contributed by atoms with E-state index >= 15 is 0 Å². The minimum atomic E-state index is 0.386. The van der Waals surface area contributed by atoms with Gasteiger partial charge in [-0.3, -0.25) is 4.98 Å². The number of anilines is 2. The standard InChI is InChI=1S/C13H16N4O/c1-17(11-3-5-12(18-2)6-4-11)13-9-15-8-10(7-14)16-13/h3-6,8-9H,7,14H2,1-2H3. The summed E-state index contributed by atoms with van der Waals surface area (Å²) in [5.41, 5.74) is 7.34. The van der Waals surface area contributed by atoms with Crippen LogP contribution >= 0.6 is 0 Å². The fourth-order valence-corrected chi connectivity index (χ4v) is 1.59. The lowest BCUT2D eigenvalue weighted by Crippen LogP contribution is -2.13. The molecule has 0 aliphatic carbocycles. The first kappa shape index (κ1) is 12.3. The minimum absolute atomic E-state index is 0.386. The minimum Gasteiger partial charge on any atom is -0.497 e. The average Bonchev–Trinajstić information content (AvgIpc) is 2.46. The van der Waals surface area contributed by atoms with Crippen LogP contribution in [0.1, 0.15) is 5.69 Å². The van der Waals surface area contributed by atoms with Crippen LogP contribution in [0.25, 0.3) is 0 Å². The molecule has 0 fully saturated rings. The molecule has 2 aromatic rings. The molecule has 5 nitrogen and oxygen atoms in total. The van der Waals surface area contributed by atoms with Gasteiger partial charge in [-0.15, -0.1) is 0 Å². The Morgan fingerprint density at radius 3 is 2.56 bits per heavy atom. The highest BCUT2D eigenvalue weighted by Crippen LogP contribution is 2.23. The molecule has 0 atom stereocenters. The maximum absolute atomic E-state index is 5.56. The van der Waals surface area contributed by atoms with Crippen molar-refractivity contribution in [1.82, 2.24) is 9.97 Å². The predicted octanol–water partition coefficient (Wildman–Crippen LogP) is 1.71. The highest BCUT2D eigenvalue weighted by Gasteiger charge is 2.06. The Balaban J connectivity index is 2.25. The zero-order chi connectivity index (χ0) is 13.0. The lowest BCUT2D eigenvalue weighted by Gasteiger charge is -2.18. The van der Waals surface area contributed by atoms with E-state index in [0.717, 1.165) is 22.9 Å². The Morgan fingerprint density at radius 2 is 1.94 bits per heavy atom. The molecule has 0 radical (unpaired) electrons. The van der Waals surface area contributed by atoms with Crippen molar-refractivity contribution in [3.63, 3.8) is 0 Å². The molecule has 2 rings (SSSR count). The average molecular weight is 244 g/mol. The quantitative estimate of drug-likeness (QED) is 0.887. The summed E-state index contributed by atoms with van der Waals surface area (Å²) in [6.07, 6.45) is 3.38. The summed E-state index contributed by atoms with van der Waals surface area (Å²) in [6, 6.07) is 7.75. The Hall–Kier alpha value is -2.14. The van der Waals surface area contributed by atoms with E-state index in [2.05, 4.69) is 9.97 Å². The number of hydrogen-bond donors (Lipinski definition) is 1. The van der Waals surface area contributed by atoms with Crippen LogP contribution in [0.4, 0.5) is 11.5 Å². The van der Waals surface area contributed by atoms with Crippen molar-refractivity contribution < 1.29 is 4.74 Å². The van der Waals surface area contributed by atoms with Gasteiger partial charge in [0.15, 0.2) is 5.82 Å². The topological polar surface area (TPSA) is 64.3 Å². The number of aromatic nitrogens is 2. The van der Waals surface area contributed by atoms with Crippen molar-refractivity contribution in [2.75, 3.05) is 19.1 Å². The molecular formula is C13H16N4O. The van der Waals surface area contributed by atoms with Crippen LogP contribution in [0.15, 0.2) is 36.7 Å². The molecule has 18 heavy (non-hydrogen) atoms. The fraction of sp³-hybridized carbons (Fsp3) is 0.231. The first-order valence-corrected chi connectivity index (χ1v) is 5.63. The van der Waals surface area contributed by atoms with E-state index in [-0.39, 0.29) is 0 Å². The number of ether oxygens (including phenoxy) is 1. The molecule has 1 aromatic carbocycles. The molecule has 0 amide bonds. The molecule has 0 spiro atoms. The van der Waals surface area contributed by atoms with Crippen LogP contribution in [0.5, 0.6) is 5.75 Å². The van der Waals surface area contributed by atoms with Crippen molar-refractivity contribution in [2.24, 2.45) is 5.73 Å². The molecule has 0 unspecified atom stereocenters. The van der Waals surface area contributed by atoms with Gasteiger partial charge in [0.25, 0.3) is 0 Å². The maximum Gasteiger partial charge on any atom is 0.151 e.